The number of nitrogens with zero attached hydrogens (tertiary/aromatic N) is 3. The standard InChI is InChI=1S/C12H20N4O3/c1-4-10(5-2)15(3)12(19)14-9-6-13-16(7-9)8-11(17)18/h6-7,10H,4-5,8H2,1-3H3,(H,14,19)(H,17,18). The summed E-state index contributed by atoms with van der Waals surface area (Å²) in [6.45, 7) is 3.84. The lowest BCUT2D eigenvalue weighted by atomic mass is 10.1. The molecule has 0 atom stereocenters. The van der Waals surface area contributed by atoms with Crippen molar-refractivity contribution in [2.75, 3.05) is 12.4 Å². The molecular formula is C12H20N4O3. The minimum absolute atomic E-state index is 0.189. The molecule has 2 amide bonds. The fraction of sp³-hybridized carbons (Fsp3) is 0.583. The third kappa shape index (κ3) is 4.27. The second-order valence-electron chi connectivity index (χ2n) is 4.33. The smallest absolute Gasteiger partial charge is 0.325 e. The third-order valence-corrected chi connectivity index (χ3v) is 2.99. The number of hydrogen-bond donors (Lipinski definition) is 2. The molecule has 0 aromatic carbocycles. The van der Waals surface area contributed by atoms with Crippen molar-refractivity contribution in [3.05, 3.63) is 12.4 Å². The van der Waals surface area contributed by atoms with Gasteiger partial charge in [-0.1, -0.05) is 13.8 Å². The van der Waals surface area contributed by atoms with Gasteiger partial charge in [-0.2, -0.15) is 5.10 Å². The van der Waals surface area contributed by atoms with Crippen LogP contribution in [-0.2, 0) is 11.3 Å². The van der Waals surface area contributed by atoms with E-state index < -0.39 is 5.97 Å². The molecular weight excluding hydrogens is 248 g/mol. The summed E-state index contributed by atoms with van der Waals surface area (Å²) in [6.07, 6.45) is 4.70. The first-order valence-electron chi connectivity index (χ1n) is 6.26. The molecule has 7 heteroatoms. The normalized spacial score (nSPS) is 10.5. The van der Waals surface area contributed by atoms with Crippen LogP contribution in [0.5, 0.6) is 0 Å². The number of carbonyl (C=O) groups excluding carboxylic acids is 1. The van der Waals surface area contributed by atoms with Crippen LogP contribution in [0.1, 0.15) is 26.7 Å². The molecule has 1 heterocycles. The van der Waals surface area contributed by atoms with Crippen LogP contribution in [0.25, 0.3) is 0 Å². The molecule has 1 aromatic rings. The van der Waals surface area contributed by atoms with Gasteiger partial charge < -0.3 is 15.3 Å². The Morgan fingerprint density at radius 3 is 2.63 bits per heavy atom. The molecule has 0 unspecified atom stereocenters. The molecule has 1 aromatic heterocycles. The van der Waals surface area contributed by atoms with Gasteiger partial charge in [-0.3, -0.25) is 9.48 Å². The van der Waals surface area contributed by atoms with Gasteiger partial charge in [-0.15, -0.1) is 0 Å². The van der Waals surface area contributed by atoms with Gasteiger partial charge in [0.1, 0.15) is 6.54 Å². The van der Waals surface area contributed by atoms with E-state index >= 15 is 0 Å². The Balaban J connectivity index is 2.61. The summed E-state index contributed by atoms with van der Waals surface area (Å²) in [7, 11) is 1.74. The maximum Gasteiger partial charge on any atom is 0.325 e. The Morgan fingerprint density at radius 1 is 1.47 bits per heavy atom. The first-order valence-corrected chi connectivity index (χ1v) is 6.26. The number of carboxylic acid groups (broad SMARTS) is 1. The predicted molar refractivity (Wildman–Crippen MR) is 71.0 cm³/mol. The number of rotatable bonds is 6. The Hall–Kier alpha value is -2.05. The Morgan fingerprint density at radius 2 is 2.11 bits per heavy atom. The molecule has 7 nitrogen and oxygen atoms in total. The van der Waals surface area contributed by atoms with Crippen LogP contribution >= 0.6 is 0 Å². The molecule has 0 spiro atoms. The number of carboxylic acids is 1. The van der Waals surface area contributed by atoms with Crippen LogP contribution in [0, 0.1) is 0 Å². The van der Waals surface area contributed by atoms with Gasteiger partial charge in [0, 0.05) is 19.3 Å². The minimum atomic E-state index is -0.977. The van der Waals surface area contributed by atoms with E-state index in [1.165, 1.54) is 17.1 Å². The summed E-state index contributed by atoms with van der Waals surface area (Å²) in [5, 5.41) is 15.2. The van der Waals surface area contributed by atoms with Crippen molar-refractivity contribution >= 4 is 17.7 Å². The van der Waals surface area contributed by atoms with E-state index in [1.54, 1.807) is 11.9 Å². The van der Waals surface area contributed by atoms with E-state index in [-0.39, 0.29) is 18.6 Å². The number of carbonyl (C=O) groups is 2. The summed E-state index contributed by atoms with van der Waals surface area (Å²) in [4.78, 5) is 24.1. The average molecular weight is 268 g/mol. The summed E-state index contributed by atoms with van der Waals surface area (Å²) in [6, 6.07) is -0.0300. The summed E-state index contributed by atoms with van der Waals surface area (Å²) in [5.74, 6) is -0.977. The van der Waals surface area contributed by atoms with Gasteiger partial charge in [0.15, 0.2) is 0 Å². The molecule has 2 N–H and O–H groups in total. The Kier molecular flexibility index (Phi) is 5.35. The van der Waals surface area contributed by atoms with Gasteiger partial charge in [0.2, 0.25) is 0 Å². The highest BCUT2D eigenvalue weighted by molar-refractivity contribution is 5.89. The number of nitrogens with one attached hydrogen (secondary N) is 1. The monoisotopic (exact) mass is 268 g/mol. The van der Waals surface area contributed by atoms with Gasteiger partial charge in [-0.05, 0) is 12.8 Å². The molecule has 0 aliphatic rings. The van der Waals surface area contributed by atoms with E-state index in [1.807, 2.05) is 13.8 Å². The van der Waals surface area contributed by atoms with Crippen LogP contribution in [0.2, 0.25) is 0 Å². The maximum absolute atomic E-state index is 12.0. The van der Waals surface area contributed by atoms with E-state index in [0.717, 1.165) is 12.8 Å². The van der Waals surface area contributed by atoms with Crippen molar-refractivity contribution in [1.29, 1.82) is 0 Å². The van der Waals surface area contributed by atoms with Crippen molar-refractivity contribution in [2.45, 2.75) is 39.3 Å². The molecule has 0 saturated carbocycles. The molecule has 0 saturated heterocycles. The fourth-order valence-corrected chi connectivity index (χ4v) is 1.87. The Labute approximate surface area is 112 Å². The summed E-state index contributed by atoms with van der Waals surface area (Å²) >= 11 is 0. The van der Waals surface area contributed by atoms with Crippen LogP contribution < -0.4 is 5.32 Å². The van der Waals surface area contributed by atoms with Crippen molar-refractivity contribution in [3.63, 3.8) is 0 Å². The number of hydrogen-bond acceptors (Lipinski definition) is 3. The van der Waals surface area contributed by atoms with E-state index in [9.17, 15) is 9.59 Å². The molecule has 1 rings (SSSR count). The predicted octanol–water partition coefficient (Wildman–Crippen LogP) is 1.62. The molecule has 0 fully saturated rings. The minimum Gasteiger partial charge on any atom is -0.480 e. The van der Waals surface area contributed by atoms with Gasteiger partial charge in [-0.25, -0.2) is 4.79 Å². The van der Waals surface area contributed by atoms with Crippen LogP contribution in [0.4, 0.5) is 10.5 Å². The lowest BCUT2D eigenvalue weighted by Crippen LogP contribution is -2.39. The molecule has 0 bridgehead atoms. The average Bonchev–Trinajstić information content (AvgIpc) is 2.76. The third-order valence-electron chi connectivity index (χ3n) is 2.99. The highest BCUT2D eigenvalue weighted by atomic mass is 16.4. The second-order valence-corrected chi connectivity index (χ2v) is 4.33. The Bertz CT molecular complexity index is 440. The zero-order valence-corrected chi connectivity index (χ0v) is 11.5. The highest BCUT2D eigenvalue weighted by Gasteiger charge is 2.17. The largest absolute Gasteiger partial charge is 0.480 e. The van der Waals surface area contributed by atoms with Crippen molar-refractivity contribution in [2.24, 2.45) is 0 Å². The molecule has 0 aliphatic carbocycles. The number of aliphatic carboxylic acids is 1. The number of amides is 2. The van der Waals surface area contributed by atoms with E-state index in [2.05, 4.69) is 10.4 Å². The zero-order valence-electron chi connectivity index (χ0n) is 11.5. The number of anilines is 1. The summed E-state index contributed by atoms with van der Waals surface area (Å²) < 4.78 is 1.26. The van der Waals surface area contributed by atoms with E-state index in [4.69, 9.17) is 5.11 Å². The molecule has 19 heavy (non-hydrogen) atoms. The second kappa shape index (κ2) is 6.77. The van der Waals surface area contributed by atoms with Gasteiger partial charge in [0.25, 0.3) is 0 Å². The van der Waals surface area contributed by atoms with Crippen LogP contribution in [-0.4, -0.2) is 44.9 Å². The first-order chi connectivity index (χ1) is 8.97. The van der Waals surface area contributed by atoms with Crippen LogP contribution in [0.15, 0.2) is 12.4 Å². The fourth-order valence-electron chi connectivity index (χ4n) is 1.87. The first kappa shape index (κ1) is 15.0. The van der Waals surface area contributed by atoms with E-state index in [0.29, 0.717) is 5.69 Å². The van der Waals surface area contributed by atoms with Crippen molar-refractivity contribution in [1.82, 2.24) is 14.7 Å². The van der Waals surface area contributed by atoms with Gasteiger partial charge >= 0.3 is 12.0 Å². The van der Waals surface area contributed by atoms with Crippen molar-refractivity contribution in [3.8, 4) is 0 Å². The lowest BCUT2D eigenvalue weighted by molar-refractivity contribution is -0.137. The molecule has 106 valence electrons. The quantitative estimate of drug-likeness (QED) is 0.820. The zero-order chi connectivity index (χ0) is 14.4. The number of urea groups is 1. The topological polar surface area (TPSA) is 87.5 Å². The number of aromatic nitrogens is 2. The highest BCUT2D eigenvalue weighted by Crippen LogP contribution is 2.10. The maximum atomic E-state index is 12.0. The molecule has 0 aliphatic heterocycles. The van der Waals surface area contributed by atoms with Crippen molar-refractivity contribution < 1.29 is 14.7 Å². The lowest BCUT2D eigenvalue weighted by Gasteiger charge is -2.26. The summed E-state index contributed by atoms with van der Waals surface area (Å²) in [5.41, 5.74) is 0.490. The van der Waals surface area contributed by atoms with Crippen LogP contribution in [0.3, 0.4) is 0 Å². The van der Waals surface area contributed by atoms with Gasteiger partial charge in [0.05, 0.1) is 11.9 Å². The molecule has 0 radical (unpaired) electrons. The SMILES string of the molecule is CCC(CC)N(C)C(=O)Nc1cnn(CC(=O)O)c1.